The number of hydrogen-bond donors (Lipinski definition) is 1. The molecule has 2 aliphatic rings. The van der Waals surface area contributed by atoms with E-state index in [9.17, 15) is 4.79 Å². The second kappa shape index (κ2) is 6.94. The molecule has 3 aromatic rings. The lowest BCUT2D eigenvalue weighted by molar-refractivity contribution is -0.120. The van der Waals surface area contributed by atoms with Crippen molar-refractivity contribution in [2.24, 2.45) is 5.92 Å². The number of benzene rings is 1. The predicted molar refractivity (Wildman–Crippen MR) is 108 cm³/mol. The first-order valence-corrected chi connectivity index (χ1v) is 10.2. The fourth-order valence-electron chi connectivity index (χ4n) is 3.79. The van der Waals surface area contributed by atoms with Gasteiger partial charge in [-0.25, -0.2) is 9.97 Å². The summed E-state index contributed by atoms with van der Waals surface area (Å²) in [6.45, 7) is 3.93. The molecule has 0 unspecified atom stereocenters. The van der Waals surface area contributed by atoms with Gasteiger partial charge in [0.1, 0.15) is 17.0 Å². The van der Waals surface area contributed by atoms with E-state index in [0.29, 0.717) is 11.5 Å². The van der Waals surface area contributed by atoms with Crippen LogP contribution < -0.4 is 19.7 Å². The van der Waals surface area contributed by atoms with Crippen molar-refractivity contribution in [2.45, 2.75) is 19.8 Å². The van der Waals surface area contributed by atoms with E-state index in [4.69, 9.17) is 9.47 Å². The Balaban J connectivity index is 1.24. The Morgan fingerprint density at radius 2 is 2.00 bits per heavy atom. The number of nitrogens with one attached hydrogen (secondary N) is 1. The van der Waals surface area contributed by atoms with E-state index >= 15 is 0 Å². The first kappa shape index (κ1) is 17.2. The Kier molecular flexibility index (Phi) is 4.27. The third-order valence-electron chi connectivity index (χ3n) is 5.24. The Hall–Kier alpha value is -2.87. The lowest BCUT2D eigenvalue weighted by atomic mass is 9.95. The van der Waals surface area contributed by atoms with Gasteiger partial charge < -0.3 is 19.7 Å². The van der Waals surface area contributed by atoms with Gasteiger partial charge in [0.25, 0.3) is 0 Å². The number of ether oxygens (including phenoxy) is 2. The fourth-order valence-corrected chi connectivity index (χ4v) is 4.63. The molecule has 5 rings (SSSR count). The molecule has 2 aliphatic heterocycles. The molecule has 4 heterocycles. The molecule has 0 spiro atoms. The molecule has 0 radical (unpaired) electrons. The molecule has 1 saturated heterocycles. The van der Waals surface area contributed by atoms with Crippen LogP contribution in [-0.2, 0) is 4.79 Å². The van der Waals surface area contributed by atoms with E-state index in [-0.39, 0.29) is 18.6 Å². The van der Waals surface area contributed by atoms with Gasteiger partial charge in [-0.2, -0.15) is 0 Å². The molecule has 7 nitrogen and oxygen atoms in total. The molecule has 144 valence electrons. The van der Waals surface area contributed by atoms with Crippen molar-refractivity contribution in [3.63, 3.8) is 0 Å². The van der Waals surface area contributed by atoms with Crippen molar-refractivity contribution in [3.05, 3.63) is 35.5 Å². The second-order valence-electron chi connectivity index (χ2n) is 7.09. The molecule has 1 aromatic carbocycles. The van der Waals surface area contributed by atoms with Gasteiger partial charge in [0.05, 0.1) is 5.39 Å². The topological polar surface area (TPSA) is 76.6 Å². The maximum Gasteiger partial charge on any atom is 0.231 e. The van der Waals surface area contributed by atoms with Gasteiger partial charge in [0.15, 0.2) is 11.5 Å². The largest absolute Gasteiger partial charge is 0.454 e. The van der Waals surface area contributed by atoms with Gasteiger partial charge in [0.2, 0.25) is 12.7 Å². The maximum absolute atomic E-state index is 12.7. The molecule has 8 heteroatoms. The van der Waals surface area contributed by atoms with Gasteiger partial charge in [-0.15, -0.1) is 11.3 Å². The van der Waals surface area contributed by atoms with Gasteiger partial charge in [-0.3, -0.25) is 4.79 Å². The number of anilines is 2. The minimum absolute atomic E-state index is 0.0109. The highest BCUT2D eigenvalue weighted by Crippen LogP contribution is 2.35. The number of piperidine rings is 1. The van der Waals surface area contributed by atoms with Crippen LogP contribution in [0.25, 0.3) is 10.2 Å². The summed E-state index contributed by atoms with van der Waals surface area (Å²) in [5, 5.41) is 4.12. The Labute approximate surface area is 166 Å². The van der Waals surface area contributed by atoms with Crippen LogP contribution in [0.2, 0.25) is 0 Å². The summed E-state index contributed by atoms with van der Waals surface area (Å²) in [6.07, 6.45) is 3.22. The van der Waals surface area contributed by atoms with Crippen molar-refractivity contribution >= 4 is 39.0 Å². The highest BCUT2D eigenvalue weighted by Gasteiger charge is 2.27. The number of fused-ring (bicyclic) bond motifs is 2. The molecule has 2 aromatic heterocycles. The van der Waals surface area contributed by atoms with Crippen molar-refractivity contribution in [3.8, 4) is 11.5 Å². The third kappa shape index (κ3) is 3.13. The smallest absolute Gasteiger partial charge is 0.231 e. The van der Waals surface area contributed by atoms with Gasteiger partial charge in [-0.05, 0) is 38.0 Å². The first-order valence-electron chi connectivity index (χ1n) is 9.34. The van der Waals surface area contributed by atoms with Crippen LogP contribution in [-0.4, -0.2) is 35.8 Å². The van der Waals surface area contributed by atoms with Crippen molar-refractivity contribution in [2.75, 3.05) is 30.1 Å². The average Bonchev–Trinajstić information content (AvgIpc) is 3.32. The summed E-state index contributed by atoms with van der Waals surface area (Å²) in [6, 6.07) is 7.63. The highest BCUT2D eigenvalue weighted by molar-refractivity contribution is 7.18. The van der Waals surface area contributed by atoms with Crippen LogP contribution in [0, 0.1) is 12.8 Å². The molecular weight excluding hydrogens is 376 g/mol. The van der Waals surface area contributed by atoms with E-state index in [2.05, 4.69) is 33.2 Å². The van der Waals surface area contributed by atoms with Crippen LogP contribution in [0.1, 0.15) is 17.7 Å². The standard InChI is InChI=1S/C20H20N4O3S/c1-12-8-15-18(21-10-22-20(15)28-12)24-6-4-13(5-7-24)19(25)23-14-2-3-16-17(9-14)27-11-26-16/h2-3,8-10,13H,4-7,11H2,1H3,(H,23,25). The van der Waals surface area contributed by atoms with Crippen LogP contribution in [0.15, 0.2) is 30.6 Å². The quantitative estimate of drug-likeness (QED) is 0.729. The Morgan fingerprint density at radius 1 is 1.18 bits per heavy atom. The van der Waals surface area contributed by atoms with E-state index in [1.165, 1.54) is 4.88 Å². The summed E-state index contributed by atoms with van der Waals surface area (Å²) < 4.78 is 10.7. The lowest BCUT2D eigenvalue weighted by Crippen LogP contribution is -2.38. The first-order chi connectivity index (χ1) is 13.7. The number of amides is 1. The number of carbonyl (C=O) groups is 1. The summed E-state index contributed by atoms with van der Waals surface area (Å²) >= 11 is 1.68. The Bertz CT molecular complexity index is 1040. The SMILES string of the molecule is Cc1cc2c(N3CCC(C(=O)Nc4ccc5c(c4)OCO5)CC3)ncnc2s1. The number of thiophene rings is 1. The van der Waals surface area contributed by atoms with E-state index < -0.39 is 0 Å². The van der Waals surface area contributed by atoms with Crippen LogP contribution in [0.3, 0.4) is 0 Å². The molecule has 0 aliphatic carbocycles. The zero-order chi connectivity index (χ0) is 19.1. The molecule has 28 heavy (non-hydrogen) atoms. The van der Waals surface area contributed by atoms with Crippen molar-refractivity contribution < 1.29 is 14.3 Å². The number of carbonyl (C=O) groups excluding carboxylic acids is 1. The summed E-state index contributed by atoms with van der Waals surface area (Å²) in [7, 11) is 0. The normalized spacial score (nSPS) is 16.5. The molecule has 0 atom stereocenters. The number of aromatic nitrogens is 2. The van der Waals surface area contributed by atoms with E-state index in [0.717, 1.165) is 47.7 Å². The molecule has 1 amide bonds. The fraction of sp³-hybridized carbons (Fsp3) is 0.350. The molecule has 0 saturated carbocycles. The molecule has 1 N–H and O–H groups in total. The average molecular weight is 396 g/mol. The number of aryl methyl sites for hydroxylation is 1. The number of nitrogens with zero attached hydrogens (tertiary/aromatic N) is 3. The zero-order valence-corrected chi connectivity index (χ0v) is 16.3. The van der Waals surface area contributed by atoms with Crippen LogP contribution >= 0.6 is 11.3 Å². The highest BCUT2D eigenvalue weighted by atomic mass is 32.1. The number of hydrogen-bond acceptors (Lipinski definition) is 7. The maximum atomic E-state index is 12.7. The second-order valence-corrected chi connectivity index (χ2v) is 8.33. The van der Waals surface area contributed by atoms with Crippen molar-refractivity contribution in [1.29, 1.82) is 0 Å². The number of rotatable bonds is 3. The minimum Gasteiger partial charge on any atom is -0.454 e. The lowest BCUT2D eigenvalue weighted by Gasteiger charge is -2.32. The monoisotopic (exact) mass is 396 g/mol. The third-order valence-corrected chi connectivity index (χ3v) is 6.20. The van der Waals surface area contributed by atoms with Gasteiger partial charge >= 0.3 is 0 Å². The molecular formula is C20H20N4O3S. The predicted octanol–water partition coefficient (Wildman–Crippen LogP) is 3.58. The van der Waals surface area contributed by atoms with E-state index in [1.54, 1.807) is 17.7 Å². The minimum atomic E-state index is -0.0109. The van der Waals surface area contributed by atoms with Crippen LogP contribution in [0.5, 0.6) is 11.5 Å². The van der Waals surface area contributed by atoms with Crippen LogP contribution in [0.4, 0.5) is 11.5 Å². The summed E-state index contributed by atoms with van der Waals surface area (Å²) in [5.74, 6) is 2.41. The zero-order valence-electron chi connectivity index (χ0n) is 15.5. The molecule has 1 fully saturated rings. The van der Waals surface area contributed by atoms with Gasteiger partial charge in [0, 0.05) is 35.6 Å². The molecule has 0 bridgehead atoms. The summed E-state index contributed by atoms with van der Waals surface area (Å²) in [4.78, 5) is 26.1. The van der Waals surface area contributed by atoms with E-state index in [1.807, 2.05) is 18.2 Å². The Morgan fingerprint density at radius 3 is 2.86 bits per heavy atom. The van der Waals surface area contributed by atoms with Crippen molar-refractivity contribution in [1.82, 2.24) is 9.97 Å². The summed E-state index contributed by atoms with van der Waals surface area (Å²) in [5.41, 5.74) is 0.739. The van der Waals surface area contributed by atoms with Gasteiger partial charge in [-0.1, -0.05) is 0 Å².